The lowest BCUT2D eigenvalue weighted by Crippen LogP contribution is -2.57. The zero-order chi connectivity index (χ0) is 28.8. The Hall–Kier alpha value is -2.96. The molecule has 1 amide bonds. The Morgan fingerprint density at radius 2 is 1.65 bits per heavy atom. The number of sulfone groups is 1. The molecule has 1 aromatic heterocycles. The predicted molar refractivity (Wildman–Crippen MR) is 142 cm³/mol. The molecular weight excluding hydrogens is 566 g/mol. The number of nitrogens with zero attached hydrogens (tertiary/aromatic N) is 1. The minimum absolute atomic E-state index is 0.0149. The summed E-state index contributed by atoms with van der Waals surface area (Å²) in [5, 5.41) is 34.8. The van der Waals surface area contributed by atoms with E-state index >= 15 is 0 Å². The van der Waals surface area contributed by atoms with Crippen LogP contribution < -0.4 is 5.32 Å². The molecule has 0 radical (unpaired) electrons. The summed E-state index contributed by atoms with van der Waals surface area (Å²) < 4.78 is 54.3. The number of pyridine rings is 1. The fourth-order valence-corrected chi connectivity index (χ4v) is 8.50. The monoisotopic (exact) mass is 592 g/mol. The van der Waals surface area contributed by atoms with Crippen molar-refractivity contribution in [2.24, 2.45) is 11.8 Å². The first-order valence-electron chi connectivity index (χ1n) is 12.7. The van der Waals surface area contributed by atoms with Crippen LogP contribution in [-0.2, 0) is 9.84 Å². The number of fused-ring (bicyclic) bond motifs is 2. The second-order valence-electron chi connectivity index (χ2n) is 10.4. The summed E-state index contributed by atoms with van der Waals surface area (Å²) in [4.78, 5) is 16.4. The first-order valence-corrected chi connectivity index (χ1v) is 14.6. The van der Waals surface area contributed by atoms with Gasteiger partial charge in [0.05, 0.1) is 20.8 Å². The van der Waals surface area contributed by atoms with Crippen LogP contribution in [0.5, 0.6) is 0 Å². The third-order valence-corrected chi connectivity index (χ3v) is 10.9. The number of anilines is 1. The second-order valence-corrected chi connectivity index (χ2v) is 13.0. The van der Waals surface area contributed by atoms with Gasteiger partial charge in [0.1, 0.15) is 12.2 Å². The maximum absolute atomic E-state index is 13.8. The molecule has 0 saturated heterocycles. The third kappa shape index (κ3) is 5.01. The number of rotatable bonds is 7. The fraction of sp³-hybridized carbons (Fsp3) is 0.357. The second kappa shape index (κ2) is 10.8. The smallest absolute Gasteiger partial charge is 0.255 e. The topological polar surface area (TPSA) is 137 Å². The van der Waals surface area contributed by atoms with Crippen LogP contribution in [0.4, 0.5) is 14.5 Å². The highest BCUT2D eigenvalue weighted by atomic mass is 35.5. The van der Waals surface area contributed by atoms with Crippen LogP contribution >= 0.6 is 11.6 Å². The molecule has 4 N–H and O–H groups in total. The van der Waals surface area contributed by atoms with Crippen molar-refractivity contribution in [2.45, 2.75) is 53.6 Å². The van der Waals surface area contributed by atoms with Gasteiger partial charge in [-0.25, -0.2) is 17.2 Å². The van der Waals surface area contributed by atoms with Crippen molar-refractivity contribution in [3.63, 3.8) is 0 Å². The molecule has 2 saturated carbocycles. The quantitative estimate of drug-likeness (QED) is 0.325. The minimum Gasteiger partial charge on any atom is -0.387 e. The molecule has 2 aliphatic carbocycles. The molecule has 2 aromatic carbocycles. The molecule has 0 spiro atoms. The molecule has 2 aliphatic rings. The molecule has 12 heteroatoms. The number of halogens is 3. The lowest BCUT2D eigenvalue weighted by Gasteiger charge is -2.46. The first-order chi connectivity index (χ1) is 18.9. The van der Waals surface area contributed by atoms with Crippen molar-refractivity contribution >= 4 is 33.0 Å². The molecule has 5 rings (SSSR count). The van der Waals surface area contributed by atoms with E-state index in [1.165, 1.54) is 42.7 Å². The van der Waals surface area contributed by atoms with E-state index in [9.17, 15) is 37.3 Å². The average molecular weight is 593 g/mol. The summed E-state index contributed by atoms with van der Waals surface area (Å²) in [6.07, 6.45) is 0.989. The number of hydrogen-bond acceptors (Lipinski definition) is 7. The van der Waals surface area contributed by atoms with Crippen molar-refractivity contribution in [3.8, 4) is 0 Å². The Morgan fingerprint density at radius 3 is 2.27 bits per heavy atom. The number of carbonyl (C=O) groups excluding carboxylic acids is 1. The molecule has 0 aliphatic heterocycles. The van der Waals surface area contributed by atoms with Gasteiger partial charge in [-0.3, -0.25) is 9.78 Å². The van der Waals surface area contributed by atoms with Gasteiger partial charge in [-0.05, 0) is 85.5 Å². The van der Waals surface area contributed by atoms with Gasteiger partial charge in [0.2, 0.25) is 0 Å². The number of hydrogen-bond donors (Lipinski definition) is 4. The van der Waals surface area contributed by atoms with Gasteiger partial charge >= 0.3 is 0 Å². The molecule has 4 unspecified atom stereocenters. The normalized spacial score (nSPS) is 25.8. The van der Waals surface area contributed by atoms with E-state index < -0.39 is 62.3 Å². The maximum atomic E-state index is 13.8. The molecule has 2 fully saturated rings. The largest absolute Gasteiger partial charge is 0.387 e. The van der Waals surface area contributed by atoms with E-state index in [1.807, 2.05) is 0 Å². The number of amides is 1. The predicted octanol–water partition coefficient (Wildman–Crippen LogP) is 4.05. The number of aliphatic hydroxyl groups is 3. The van der Waals surface area contributed by atoms with Crippen LogP contribution in [0.15, 0.2) is 65.8 Å². The molecule has 4 atom stereocenters. The van der Waals surface area contributed by atoms with E-state index in [0.29, 0.717) is 18.4 Å². The summed E-state index contributed by atoms with van der Waals surface area (Å²) in [5.74, 6) is -4.18. The molecule has 3 aromatic rings. The molecule has 212 valence electrons. The highest BCUT2D eigenvalue weighted by molar-refractivity contribution is 7.92. The SMILES string of the molecule is O=C(Nc1ccc(F)c(F)c1)c1ccc(Cl)c(S(=O)(=O)C2CC3CCC(C2)C3(O)C(O)C(O)c2ccncc2)c1. The van der Waals surface area contributed by atoms with Crippen molar-refractivity contribution in [1.82, 2.24) is 4.98 Å². The van der Waals surface area contributed by atoms with Crippen LogP contribution in [0, 0.1) is 23.5 Å². The summed E-state index contributed by atoms with van der Waals surface area (Å²) in [5.41, 5.74) is -1.38. The van der Waals surface area contributed by atoms with Crippen LogP contribution in [0.3, 0.4) is 0 Å². The van der Waals surface area contributed by atoms with E-state index in [1.54, 1.807) is 0 Å². The van der Waals surface area contributed by atoms with E-state index in [4.69, 9.17) is 11.6 Å². The highest BCUT2D eigenvalue weighted by Crippen LogP contribution is 2.55. The minimum atomic E-state index is -4.09. The van der Waals surface area contributed by atoms with Gasteiger partial charge in [0.15, 0.2) is 21.5 Å². The Morgan fingerprint density at radius 1 is 1.00 bits per heavy atom. The van der Waals surface area contributed by atoms with Crippen molar-refractivity contribution in [1.29, 1.82) is 0 Å². The molecule has 1 heterocycles. The standard InChI is InChI=1S/C28H27ClF2N2O6S/c29-21-5-1-16(27(36)33-19-4-6-22(30)23(31)14-19)11-24(21)40(38,39)20-12-17-2-3-18(13-20)28(17,37)26(35)25(34)15-7-9-32-10-8-15/h1,4-11,14,17-18,20,25-26,34-35,37H,2-3,12-13H2,(H,33,36). The zero-order valence-corrected chi connectivity index (χ0v) is 22.6. The summed E-state index contributed by atoms with van der Waals surface area (Å²) in [7, 11) is -4.09. The fourth-order valence-electron chi connectivity index (χ4n) is 6.09. The van der Waals surface area contributed by atoms with Gasteiger partial charge in [-0.1, -0.05) is 11.6 Å². The maximum Gasteiger partial charge on any atom is 0.255 e. The van der Waals surface area contributed by atoms with E-state index in [2.05, 4.69) is 10.3 Å². The zero-order valence-electron chi connectivity index (χ0n) is 21.0. The number of benzene rings is 2. The van der Waals surface area contributed by atoms with Gasteiger partial charge in [0.25, 0.3) is 5.91 Å². The lowest BCUT2D eigenvalue weighted by molar-refractivity contribution is -0.177. The Balaban J connectivity index is 1.37. The number of aromatic nitrogens is 1. The van der Waals surface area contributed by atoms with Crippen LogP contribution in [0.2, 0.25) is 5.02 Å². The number of nitrogens with one attached hydrogen (secondary N) is 1. The summed E-state index contributed by atoms with van der Waals surface area (Å²) in [6, 6.07) is 9.63. The molecule has 40 heavy (non-hydrogen) atoms. The van der Waals surface area contributed by atoms with Crippen molar-refractivity contribution < 1.29 is 37.3 Å². The van der Waals surface area contributed by atoms with Gasteiger partial charge in [-0.15, -0.1) is 0 Å². The highest BCUT2D eigenvalue weighted by Gasteiger charge is 2.60. The van der Waals surface area contributed by atoms with Gasteiger partial charge < -0.3 is 20.6 Å². The lowest BCUT2D eigenvalue weighted by atomic mass is 9.69. The van der Waals surface area contributed by atoms with Crippen LogP contribution in [-0.4, -0.2) is 51.6 Å². The Bertz CT molecular complexity index is 1530. The van der Waals surface area contributed by atoms with E-state index in [0.717, 1.165) is 18.2 Å². The Kier molecular flexibility index (Phi) is 7.71. The van der Waals surface area contributed by atoms with Crippen LogP contribution in [0.1, 0.15) is 47.7 Å². The average Bonchev–Trinajstić information content (AvgIpc) is 3.10. The molecule has 8 nitrogen and oxygen atoms in total. The van der Waals surface area contributed by atoms with Gasteiger partial charge in [-0.2, -0.15) is 0 Å². The molecule has 2 bridgehead atoms. The summed E-state index contributed by atoms with van der Waals surface area (Å²) >= 11 is 6.28. The Labute approximate surface area is 234 Å². The van der Waals surface area contributed by atoms with E-state index in [-0.39, 0.29) is 34.0 Å². The molecular formula is C28H27ClF2N2O6S. The number of aliphatic hydroxyl groups excluding tert-OH is 2. The first kappa shape index (κ1) is 28.6. The summed E-state index contributed by atoms with van der Waals surface area (Å²) in [6.45, 7) is 0. The third-order valence-electron chi connectivity index (χ3n) is 8.20. The van der Waals surface area contributed by atoms with Gasteiger partial charge in [0, 0.05) is 29.7 Å². The van der Waals surface area contributed by atoms with Crippen LogP contribution in [0.25, 0.3) is 0 Å². The van der Waals surface area contributed by atoms with Crippen molar-refractivity contribution in [2.75, 3.05) is 5.32 Å². The van der Waals surface area contributed by atoms with Crippen molar-refractivity contribution in [3.05, 3.63) is 88.7 Å². The number of carbonyl (C=O) groups is 1.